The molecular formula is C40H56ClN3O7S. The first kappa shape index (κ1) is 37.9. The van der Waals surface area contributed by atoms with Gasteiger partial charge in [-0.2, -0.15) is 0 Å². The standard InChI is InChI=1S/C40H56ClN3O7S/c1-26-7-5-9-34(39-49-22-32(23-50-39)43(3)17-18-48-4)33-13-10-30(33)21-44-24-40(16-6-8-28-19-31(41)12-14-35(28)40)25-51-37-15-11-29(20-36(37)44)38(45)42-52(46,47)27(26)2/h11-12,14-15,19-20,26-27,30,32-34,39H,5-10,13,16-18,21-25H2,1-4H3,(H,42,45)/t26-,27+,30-,32-,33+,34+,39-,40-/m0/s1. The van der Waals surface area contributed by atoms with Crippen LogP contribution in [0.5, 0.6) is 5.75 Å². The van der Waals surface area contributed by atoms with E-state index in [-0.39, 0.29) is 29.6 Å². The van der Waals surface area contributed by atoms with Crippen LogP contribution in [0.15, 0.2) is 36.4 Å². The highest BCUT2D eigenvalue weighted by molar-refractivity contribution is 7.90. The van der Waals surface area contributed by atoms with Gasteiger partial charge in [0.2, 0.25) is 10.0 Å². The number of rotatable bonds is 5. The molecule has 1 saturated carbocycles. The van der Waals surface area contributed by atoms with E-state index in [4.69, 9.17) is 30.5 Å². The van der Waals surface area contributed by atoms with Crippen molar-refractivity contribution in [2.75, 3.05) is 65.1 Å². The summed E-state index contributed by atoms with van der Waals surface area (Å²) < 4.78 is 54.6. The van der Waals surface area contributed by atoms with Crippen LogP contribution in [-0.4, -0.2) is 97.0 Å². The number of anilines is 1. The summed E-state index contributed by atoms with van der Waals surface area (Å²) >= 11 is 6.49. The normalized spacial score (nSPS) is 33.6. The van der Waals surface area contributed by atoms with Crippen molar-refractivity contribution in [3.8, 4) is 5.75 Å². The van der Waals surface area contributed by atoms with Crippen LogP contribution in [0.3, 0.4) is 0 Å². The van der Waals surface area contributed by atoms with Crippen molar-refractivity contribution >= 4 is 33.2 Å². The molecule has 1 spiro atoms. The number of benzene rings is 2. The molecule has 5 aliphatic rings. The number of carbonyl (C=O) groups is 1. The summed E-state index contributed by atoms with van der Waals surface area (Å²) in [4.78, 5) is 18.3. The fourth-order valence-corrected chi connectivity index (χ4v) is 10.9. The predicted octanol–water partition coefficient (Wildman–Crippen LogP) is 6.04. The third-order valence-corrected chi connectivity index (χ3v) is 15.2. The molecule has 3 heterocycles. The maximum Gasteiger partial charge on any atom is 0.264 e. The number of aryl methyl sites for hydroxylation is 1. The Bertz CT molecular complexity index is 1700. The van der Waals surface area contributed by atoms with Gasteiger partial charge in [-0.25, -0.2) is 13.1 Å². The van der Waals surface area contributed by atoms with E-state index in [1.54, 1.807) is 20.1 Å². The second kappa shape index (κ2) is 15.7. The molecule has 10 nitrogen and oxygen atoms in total. The second-order valence-corrected chi connectivity index (χ2v) is 18.7. The van der Waals surface area contributed by atoms with Gasteiger partial charge in [0, 0.05) is 48.7 Å². The van der Waals surface area contributed by atoms with Crippen molar-refractivity contribution in [2.45, 2.75) is 88.2 Å². The zero-order valence-electron chi connectivity index (χ0n) is 31.2. The van der Waals surface area contributed by atoms with Crippen LogP contribution in [0.2, 0.25) is 5.02 Å². The second-order valence-electron chi connectivity index (χ2n) is 16.2. The van der Waals surface area contributed by atoms with Crippen LogP contribution >= 0.6 is 11.6 Å². The highest BCUT2D eigenvalue weighted by Crippen LogP contribution is 2.49. The quantitative estimate of drug-likeness (QED) is 0.391. The van der Waals surface area contributed by atoms with Crippen LogP contribution < -0.4 is 14.4 Å². The highest BCUT2D eigenvalue weighted by atomic mass is 35.5. The van der Waals surface area contributed by atoms with Crippen molar-refractivity contribution < 1.29 is 32.2 Å². The van der Waals surface area contributed by atoms with Gasteiger partial charge in [-0.05, 0) is 118 Å². The Morgan fingerprint density at radius 1 is 1.04 bits per heavy atom. The van der Waals surface area contributed by atoms with E-state index in [0.29, 0.717) is 43.8 Å². The van der Waals surface area contributed by atoms with Crippen molar-refractivity contribution in [3.63, 3.8) is 0 Å². The van der Waals surface area contributed by atoms with E-state index in [0.717, 1.165) is 87.5 Å². The average Bonchev–Trinajstić information content (AvgIpc) is 3.27. The highest BCUT2D eigenvalue weighted by Gasteiger charge is 2.47. The molecule has 2 bridgehead atoms. The summed E-state index contributed by atoms with van der Waals surface area (Å²) in [7, 11) is -0.112. The first-order valence-corrected chi connectivity index (χ1v) is 21.2. The topological polar surface area (TPSA) is 107 Å². The molecule has 0 aromatic heterocycles. The molecule has 2 aromatic carbocycles. The van der Waals surface area contributed by atoms with Crippen LogP contribution in [0.4, 0.5) is 5.69 Å². The molecule has 7 rings (SSSR count). The summed E-state index contributed by atoms with van der Waals surface area (Å²) in [5.41, 5.74) is 3.45. The van der Waals surface area contributed by atoms with E-state index < -0.39 is 21.2 Å². The van der Waals surface area contributed by atoms with Crippen molar-refractivity contribution in [3.05, 3.63) is 58.1 Å². The fourth-order valence-electron chi connectivity index (χ4n) is 9.40. The number of halogens is 1. The van der Waals surface area contributed by atoms with Crippen molar-refractivity contribution in [2.24, 2.45) is 23.7 Å². The number of carbonyl (C=O) groups excluding carboxylic acids is 1. The number of amides is 1. The minimum absolute atomic E-state index is 0.136. The Kier molecular flexibility index (Phi) is 11.5. The molecule has 1 saturated heterocycles. The third kappa shape index (κ3) is 7.73. The van der Waals surface area contributed by atoms with Crippen molar-refractivity contribution in [1.29, 1.82) is 0 Å². The Balaban J connectivity index is 1.23. The molecule has 6 atom stereocenters. The summed E-state index contributed by atoms with van der Waals surface area (Å²) in [6.45, 7) is 8.40. The van der Waals surface area contributed by atoms with E-state index >= 15 is 0 Å². The first-order valence-electron chi connectivity index (χ1n) is 19.3. The lowest BCUT2D eigenvalue weighted by Gasteiger charge is -2.49. The summed E-state index contributed by atoms with van der Waals surface area (Å²) in [6.07, 6.45) is 7.38. The monoisotopic (exact) mass is 757 g/mol. The number of ether oxygens (including phenoxy) is 4. The molecule has 2 aliphatic carbocycles. The van der Waals surface area contributed by atoms with Gasteiger partial charge in [0.1, 0.15) is 5.75 Å². The molecule has 0 unspecified atom stereocenters. The molecule has 52 heavy (non-hydrogen) atoms. The SMILES string of the molecule is COCCN(C)[C@H]1CO[C@H]([C@@H]2CCC[C@H](C)[C@@H](C)S(=O)(=O)NC(=O)c3ccc4c(c3)N(C[C@@H]3CC[C@H]32)C[C@@]2(CCCc3cc(Cl)ccc32)CO4)OC1. The lowest BCUT2D eigenvalue weighted by Crippen LogP contribution is -2.52. The Morgan fingerprint density at radius 3 is 2.60 bits per heavy atom. The predicted molar refractivity (Wildman–Crippen MR) is 203 cm³/mol. The largest absolute Gasteiger partial charge is 0.490 e. The molecule has 3 aliphatic heterocycles. The first-order chi connectivity index (χ1) is 25.0. The number of hydrogen-bond donors (Lipinski definition) is 1. The molecular weight excluding hydrogens is 702 g/mol. The van der Waals surface area contributed by atoms with E-state index in [2.05, 4.69) is 33.7 Å². The lowest BCUT2D eigenvalue weighted by atomic mass is 9.64. The number of fused-ring (bicyclic) bond motifs is 4. The zero-order valence-corrected chi connectivity index (χ0v) is 32.7. The van der Waals surface area contributed by atoms with Gasteiger partial charge in [-0.15, -0.1) is 0 Å². The van der Waals surface area contributed by atoms with Gasteiger partial charge in [0.25, 0.3) is 5.91 Å². The van der Waals surface area contributed by atoms with Crippen molar-refractivity contribution in [1.82, 2.24) is 9.62 Å². The number of likely N-dealkylation sites (N-methyl/N-ethyl adjacent to an activating group) is 1. The number of methoxy groups -OCH3 is 1. The maximum absolute atomic E-state index is 13.6. The number of nitrogens with zero attached hydrogens (tertiary/aromatic N) is 2. The molecule has 0 radical (unpaired) electrons. The Morgan fingerprint density at radius 2 is 1.85 bits per heavy atom. The lowest BCUT2D eigenvalue weighted by molar-refractivity contribution is -0.242. The van der Waals surface area contributed by atoms with Gasteiger partial charge >= 0.3 is 0 Å². The van der Waals surface area contributed by atoms with E-state index in [9.17, 15) is 13.2 Å². The molecule has 2 aromatic rings. The molecule has 286 valence electrons. The van der Waals surface area contributed by atoms with Gasteiger partial charge in [0.05, 0.1) is 43.4 Å². The Hall–Kier alpha value is -2.41. The van der Waals surface area contributed by atoms with Gasteiger partial charge < -0.3 is 23.8 Å². The van der Waals surface area contributed by atoms with Gasteiger partial charge in [-0.1, -0.05) is 31.0 Å². The molecule has 2 fully saturated rings. The Labute approximate surface area is 314 Å². The van der Waals surface area contributed by atoms with Gasteiger partial charge in [0.15, 0.2) is 6.29 Å². The zero-order chi connectivity index (χ0) is 36.6. The average molecular weight is 758 g/mol. The summed E-state index contributed by atoms with van der Waals surface area (Å²) in [6, 6.07) is 11.8. The molecule has 12 heteroatoms. The van der Waals surface area contributed by atoms with Crippen LogP contribution in [0.1, 0.15) is 80.3 Å². The minimum Gasteiger partial charge on any atom is -0.490 e. The van der Waals surface area contributed by atoms with Gasteiger partial charge in [-0.3, -0.25) is 9.69 Å². The number of nitrogens with one attached hydrogen (secondary N) is 1. The third-order valence-electron chi connectivity index (χ3n) is 13.0. The smallest absolute Gasteiger partial charge is 0.264 e. The van der Waals surface area contributed by atoms with Crippen LogP contribution in [0, 0.1) is 23.7 Å². The molecule has 1 N–H and O–H groups in total. The van der Waals surface area contributed by atoms with E-state index in [1.165, 1.54) is 11.1 Å². The van der Waals surface area contributed by atoms with Crippen LogP contribution in [-0.2, 0) is 36.1 Å². The fraction of sp³-hybridized carbons (Fsp3) is 0.675. The van der Waals surface area contributed by atoms with E-state index in [1.807, 2.05) is 25.1 Å². The molecule has 1 amide bonds. The maximum atomic E-state index is 13.6. The summed E-state index contributed by atoms with van der Waals surface area (Å²) in [5.74, 6) is 0.961. The summed E-state index contributed by atoms with van der Waals surface area (Å²) in [5, 5.41) is 0.0154. The van der Waals surface area contributed by atoms with Crippen LogP contribution in [0.25, 0.3) is 0 Å². The number of hydrogen-bond acceptors (Lipinski definition) is 9. The number of sulfonamides is 1. The minimum atomic E-state index is -3.92.